The third-order valence-corrected chi connectivity index (χ3v) is 4.11. The van der Waals surface area contributed by atoms with E-state index in [0.29, 0.717) is 31.5 Å². The van der Waals surface area contributed by atoms with E-state index >= 15 is 0 Å². The van der Waals surface area contributed by atoms with Crippen LogP contribution in [-0.2, 0) is 11.2 Å². The van der Waals surface area contributed by atoms with Gasteiger partial charge in [-0.3, -0.25) is 19.6 Å². The molecule has 6 N–H and O–H groups in total. The molecule has 1 heterocycles. The molecular weight excluding hydrogens is 346 g/mol. The van der Waals surface area contributed by atoms with Crippen molar-refractivity contribution < 1.29 is 14.7 Å². The molecule has 0 aliphatic carbocycles. The Labute approximate surface area is 157 Å². The van der Waals surface area contributed by atoms with Crippen LogP contribution in [0.15, 0.2) is 35.5 Å². The van der Waals surface area contributed by atoms with Gasteiger partial charge in [-0.05, 0) is 37.3 Å². The number of nitrogens with two attached hydrogens (primary N) is 2. The number of pyridine rings is 1. The van der Waals surface area contributed by atoms with Crippen molar-refractivity contribution in [2.75, 3.05) is 13.1 Å². The van der Waals surface area contributed by atoms with E-state index < -0.39 is 5.97 Å². The lowest BCUT2D eigenvalue weighted by Gasteiger charge is -2.12. The second-order valence-corrected chi connectivity index (χ2v) is 6.18. The average molecular weight is 371 g/mol. The van der Waals surface area contributed by atoms with Crippen LogP contribution in [0.3, 0.4) is 0 Å². The number of aromatic nitrogens is 1. The monoisotopic (exact) mass is 371 g/mol. The Morgan fingerprint density at radius 1 is 1.15 bits per heavy atom. The summed E-state index contributed by atoms with van der Waals surface area (Å²) in [7, 11) is 0. The van der Waals surface area contributed by atoms with Crippen LogP contribution in [0.1, 0.15) is 41.6 Å². The molecule has 0 saturated heterocycles. The number of amides is 1. The van der Waals surface area contributed by atoms with Crippen LogP contribution < -0.4 is 16.8 Å². The zero-order valence-corrected chi connectivity index (χ0v) is 15.1. The van der Waals surface area contributed by atoms with E-state index in [1.54, 1.807) is 6.20 Å². The van der Waals surface area contributed by atoms with Crippen molar-refractivity contribution in [1.29, 1.82) is 0 Å². The Bertz CT molecular complexity index is 831. The number of nitrogens with zero attached hydrogens (tertiary/aromatic N) is 2. The Hall–Kier alpha value is -3.16. The molecule has 144 valence electrons. The van der Waals surface area contributed by atoms with E-state index in [-0.39, 0.29) is 18.3 Å². The fourth-order valence-electron chi connectivity index (χ4n) is 2.82. The van der Waals surface area contributed by atoms with Crippen molar-refractivity contribution in [3.05, 3.63) is 41.6 Å². The number of benzene rings is 1. The largest absolute Gasteiger partial charge is 0.481 e. The maximum Gasteiger partial charge on any atom is 0.303 e. The van der Waals surface area contributed by atoms with E-state index in [1.165, 1.54) is 0 Å². The number of unbranched alkanes of at least 4 members (excludes halogenated alkanes) is 1. The molecule has 8 nitrogen and oxygen atoms in total. The summed E-state index contributed by atoms with van der Waals surface area (Å²) in [6.45, 7) is 0.851. The van der Waals surface area contributed by atoms with Gasteiger partial charge in [0.25, 0.3) is 5.91 Å². The Morgan fingerprint density at radius 2 is 1.93 bits per heavy atom. The number of hydrogen-bond acceptors (Lipinski definition) is 4. The Balaban J connectivity index is 2.12. The Kier molecular flexibility index (Phi) is 7.54. The maximum atomic E-state index is 12.6. The normalized spacial score (nSPS) is 10.5. The van der Waals surface area contributed by atoms with Gasteiger partial charge >= 0.3 is 5.97 Å². The number of para-hydroxylation sites is 1. The van der Waals surface area contributed by atoms with Gasteiger partial charge in [-0.1, -0.05) is 18.2 Å². The molecule has 1 aromatic heterocycles. The molecule has 0 radical (unpaired) electrons. The summed E-state index contributed by atoms with van der Waals surface area (Å²) in [4.78, 5) is 31.5. The number of rotatable bonds is 10. The quantitative estimate of drug-likeness (QED) is 0.282. The first-order chi connectivity index (χ1) is 13.0. The van der Waals surface area contributed by atoms with E-state index in [4.69, 9.17) is 16.6 Å². The molecule has 0 atom stereocenters. The number of carboxylic acid groups (broad SMARTS) is 1. The molecule has 0 fully saturated rings. The molecule has 0 saturated carbocycles. The first-order valence-corrected chi connectivity index (χ1v) is 8.91. The van der Waals surface area contributed by atoms with Gasteiger partial charge < -0.3 is 21.9 Å². The first-order valence-electron chi connectivity index (χ1n) is 8.91. The van der Waals surface area contributed by atoms with Crippen LogP contribution in [0.2, 0.25) is 0 Å². The predicted octanol–water partition coefficient (Wildman–Crippen LogP) is 1.43. The van der Waals surface area contributed by atoms with Gasteiger partial charge in [-0.2, -0.15) is 0 Å². The lowest BCUT2D eigenvalue weighted by Crippen LogP contribution is -2.26. The molecule has 1 amide bonds. The number of nitrogens with one attached hydrogen (secondary N) is 1. The third kappa shape index (κ3) is 6.25. The summed E-state index contributed by atoms with van der Waals surface area (Å²) in [5.74, 6) is -1.04. The van der Waals surface area contributed by atoms with Gasteiger partial charge in [-0.25, -0.2) is 0 Å². The molecule has 2 rings (SSSR count). The molecule has 0 aliphatic rings. The molecule has 0 aliphatic heterocycles. The molecule has 27 heavy (non-hydrogen) atoms. The van der Waals surface area contributed by atoms with E-state index in [9.17, 15) is 9.59 Å². The fraction of sp³-hybridized carbons (Fsp3) is 0.368. The standard InChI is InChI=1S/C19H25N5O3/c20-19(21)23-10-4-3-6-13-14-7-1-2-8-16(14)24-12-15(13)18(27)22-11-5-9-17(25)26/h1-2,7-8,12H,3-6,9-11H2,(H,22,27)(H,25,26)(H4,20,21,23). The van der Waals surface area contributed by atoms with Crippen LogP contribution in [0, 0.1) is 0 Å². The molecular formula is C19H25N5O3. The van der Waals surface area contributed by atoms with Gasteiger partial charge in [0, 0.05) is 31.1 Å². The van der Waals surface area contributed by atoms with Gasteiger partial charge in [0.1, 0.15) is 0 Å². The van der Waals surface area contributed by atoms with Crippen molar-refractivity contribution in [3.8, 4) is 0 Å². The number of fused-ring (bicyclic) bond motifs is 1. The van der Waals surface area contributed by atoms with Gasteiger partial charge in [0.2, 0.25) is 0 Å². The highest BCUT2D eigenvalue weighted by atomic mass is 16.4. The zero-order chi connectivity index (χ0) is 19.6. The smallest absolute Gasteiger partial charge is 0.303 e. The second-order valence-electron chi connectivity index (χ2n) is 6.18. The van der Waals surface area contributed by atoms with E-state index in [2.05, 4.69) is 15.3 Å². The molecule has 2 aromatic rings. The summed E-state index contributed by atoms with van der Waals surface area (Å²) >= 11 is 0. The highest BCUT2D eigenvalue weighted by molar-refractivity contribution is 6.00. The minimum Gasteiger partial charge on any atom is -0.481 e. The SMILES string of the molecule is NC(N)=NCCCCc1c(C(=O)NCCCC(=O)O)cnc2ccccc12. The van der Waals surface area contributed by atoms with Crippen LogP contribution in [0.5, 0.6) is 0 Å². The second kappa shape index (κ2) is 10.1. The molecule has 0 unspecified atom stereocenters. The number of hydrogen-bond donors (Lipinski definition) is 4. The van der Waals surface area contributed by atoms with Gasteiger partial charge in [0.05, 0.1) is 11.1 Å². The lowest BCUT2D eigenvalue weighted by atomic mass is 9.98. The highest BCUT2D eigenvalue weighted by Crippen LogP contribution is 2.22. The number of guanidine groups is 1. The predicted molar refractivity (Wildman–Crippen MR) is 105 cm³/mol. The van der Waals surface area contributed by atoms with Crippen LogP contribution in [0.4, 0.5) is 0 Å². The van der Waals surface area contributed by atoms with Gasteiger partial charge in [0.15, 0.2) is 5.96 Å². The van der Waals surface area contributed by atoms with Crippen molar-refractivity contribution in [2.24, 2.45) is 16.5 Å². The summed E-state index contributed by atoms with van der Waals surface area (Å²) < 4.78 is 0. The third-order valence-electron chi connectivity index (χ3n) is 4.11. The zero-order valence-electron chi connectivity index (χ0n) is 15.1. The first kappa shape index (κ1) is 20.2. The molecule has 0 spiro atoms. The molecule has 1 aromatic carbocycles. The average Bonchev–Trinajstić information content (AvgIpc) is 2.64. The lowest BCUT2D eigenvalue weighted by molar-refractivity contribution is -0.137. The molecule has 0 bridgehead atoms. The van der Waals surface area contributed by atoms with Crippen LogP contribution >= 0.6 is 0 Å². The van der Waals surface area contributed by atoms with Crippen molar-refractivity contribution in [2.45, 2.75) is 32.1 Å². The summed E-state index contributed by atoms with van der Waals surface area (Å²) in [6.07, 6.45) is 4.31. The Morgan fingerprint density at radius 3 is 2.67 bits per heavy atom. The number of aliphatic carboxylic acids is 1. The number of carboxylic acids is 1. The van der Waals surface area contributed by atoms with Crippen molar-refractivity contribution in [1.82, 2.24) is 10.3 Å². The number of aliphatic imine (C=N–C) groups is 1. The highest BCUT2D eigenvalue weighted by Gasteiger charge is 2.15. The summed E-state index contributed by atoms with van der Waals surface area (Å²) in [5.41, 5.74) is 12.9. The topological polar surface area (TPSA) is 144 Å². The van der Waals surface area contributed by atoms with Crippen molar-refractivity contribution in [3.63, 3.8) is 0 Å². The number of aryl methyl sites for hydroxylation is 1. The maximum absolute atomic E-state index is 12.6. The van der Waals surface area contributed by atoms with Crippen LogP contribution in [0.25, 0.3) is 10.9 Å². The van der Waals surface area contributed by atoms with E-state index in [1.807, 2.05) is 24.3 Å². The fourth-order valence-corrected chi connectivity index (χ4v) is 2.82. The van der Waals surface area contributed by atoms with Crippen LogP contribution in [-0.4, -0.2) is 41.0 Å². The summed E-state index contributed by atoms with van der Waals surface area (Å²) in [6, 6.07) is 7.69. The van der Waals surface area contributed by atoms with Gasteiger partial charge in [-0.15, -0.1) is 0 Å². The van der Waals surface area contributed by atoms with E-state index in [0.717, 1.165) is 29.3 Å². The minimum atomic E-state index is -0.877. The summed E-state index contributed by atoms with van der Waals surface area (Å²) in [5, 5.41) is 12.4. The number of carbonyl (C=O) groups excluding carboxylic acids is 1. The molecule has 8 heteroatoms. The minimum absolute atomic E-state index is 0.0217. The van der Waals surface area contributed by atoms with Crippen molar-refractivity contribution >= 4 is 28.7 Å². The number of carbonyl (C=O) groups is 2.